The Morgan fingerprint density at radius 2 is 1.81 bits per heavy atom. The maximum atomic E-state index is 13.9. The van der Waals surface area contributed by atoms with Crippen molar-refractivity contribution in [2.75, 3.05) is 19.6 Å². The van der Waals surface area contributed by atoms with Crippen molar-refractivity contribution in [1.82, 2.24) is 10.2 Å². The number of nitrogens with zero attached hydrogens (tertiary/aromatic N) is 1. The number of carbonyl (C=O) groups excluding carboxylic acids is 2. The zero-order valence-electron chi connectivity index (χ0n) is 14.8. The minimum Gasteiger partial charge on any atom is -0.508 e. The van der Waals surface area contributed by atoms with Crippen LogP contribution in [0.5, 0.6) is 5.75 Å². The molecule has 0 saturated carbocycles. The number of aromatic hydroxyl groups is 1. The monoisotopic (exact) mass is 371 g/mol. The molecule has 2 aromatic rings. The van der Waals surface area contributed by atoms with E-state index in [4.69, 9.17) is 5.73 Å². The number of hydrogen-bond acceptors (Lipinski definition) is 4. The molecule has 2 amide bonds. The zero-order valence-corrected chi connectivity index (χ0v) is 14.8. The van der Waals surface area contributed by atoms with Gasteiger partial charge in [-0.25, -0.2) is 4.39 Å². The Bertz CT molecular complexity index is 831. The van der Waals surface area contributed by atoms with Crippen LogP contribution in [-0.2, 0) is 4.79 Å². The van der Waals surface area contributed by atoms with Crippen molar-refractivity contribution in [3.63, 3.8) is 0 Å². The van der Waals surface area contributed by atoms with Crippen molar-refractivity contribution in [3.8, 4) is 16.9 Å². The van der Waals surface area contributed by atoms with E-state index in [0.717, 1.165) is 18.9 Å². The lowest BCUT2D eigenvalue weighted by atomic mass is 10.0. The van der Waals surface area contributed by atoms with Crippen LogP contribution >= 0.6 is 0 Å². The molecule has 142 valence electrons. The molecule has 1 saturated heterocycles. The van der Waals surface area contributed by atoms with Crippen LogP contribution in [0.4, 0.5) is 4.39 Å². The maximum Gasteiger partial charge on any atom is 0.251 e. The average Bonchev–Trinajstić information content (AvgIpc) is 2.63. The van der Waals surface area contributed by atoms with Gasteiger partial charge in [0, 0.05) is 36.3 Å². The average molecular weight is 371 g/mol. The fraction of sp³-hybridized carbons (Fsp3) is 0.300. The molecular weight excluding hydrogens is 349 g/mol. The first-order valence-electron chi connectivity index (χ1n) is 8.83. The predicted molar refractivity (Wildman–Crippen MR) is 99.6 cm³/mol. The highest BCUT2D eigenvalue weighted by Gasteiger charge is 2.22. The highest BCUT2D eigenvalue weighted by molar-refractivity contribution is 5.94. The predicted octanol–water partition coefficient (Wildman–Crippen LogP) is 1.88. The summed E-state index contributed by atoms with van der Waals surface area (Å²) in [5.41, 5.74) is 6.69. The molecule has 1 heterocycles. The van der Waals surface area contributed by atoms with Gasteiger partial charge in [-0.3, -0.25) is 14.5 Å². The van der Waals surface area contributed by atoms with E-state index in [0.29, 0.717) is 29.8 Å². The molecule has 27 heavy (non-hydrogen) atoms. The molecule has 7 heteroatoms. The molecule has 1 aliphatic rings. The molecule has 0 aliphatic carbocycles. The third-order valence-electron chi connectivity index (χ3n) is 4.71. The van der Waals surface area contributed by atoms with Crippen LogP contribution in [-0.4, -0.2) is 47.5 Å². The summed E-state index contributed by atoms with van der Waals surface area (Å²) in [4.78, 5) is 25.4. The molecule has 1 fully saturated rings. The summed E-state index contributed by atoms with van der Waals surface area (Å²) in [7, 11) is 0. The lowest BCUT2D eigenvalue weighted by Crippen LogP contribution is -2.46. The molecule has 0 unspecified atom stereocenters. The molecule has 3 rings (SSSR count). The summed E-state index contributed by atoms with van der Waals surface area (Å²) in [6.07, 6.45) is 1.52. The molecule has 2 aromatic carbocycles. The van der Waals surface area contributed by atoms with Gasteiger partial charge in [0.05, 0.1) is 6.54 Å². The van der Waals surface area contributed by atoms with Crippen LogP contribution in [0.25, 0.3) is 11.1 Å². The van der Waals surface area contributed by atoms with Gasteiger partial charge in [0.15, 0.2) is 0 Å². The number of nitrogens with two attached hydrogens (primary N) is 1. The molecule has 0 spiro atoms. The first kappa shape index (κ1) is 18.8. The van der Waals surface area contributed by atoms with Crippen LogP contribution < -0.4 is 11.1 Å². The van der Waals surface area contributed by atoms with Crippen LogP contribution in [0, 0.1) is 5.82 Å². The topological polar surface area (TPSA) is 95.7 Å². The number of amides is 2. The van der Waals surface area contributed by atoms with Crippen molar-refractivity contribution in [2.45, 2.75) is 18.9 Å². The number of hydrogen-bond donors (Lipinski definition) is 3. The van der Waals surface area contributed by atoms with E-state index < -0.39 is 5.82 Å². The van der Waals surface area contributed by atoms with Crippen LogP contribution in [0.2, 0.25) is 0 Å². The molecule has 0 aromatic heterocycles. The van der Waals surface area contributed by atoms with Gasteiger partial charge in [-0.1, -0.05) is 12.1 Å². The Morgan fingerprint density at radius 3 is 2.41 bits per heavy atom. The number of benzene rings is 2. The van der Waals surface area contributed by atoms with E-state index in [1.807, 2.05) is 4.90 Å². The first-order chi connectivity index (χ1) is 12.9. The van der Waals surface area contributed by atoms with E-state index >= 15 is 0 Å². The Labute approximate surface area is 156 Å². The number of likely N-dealkylation sites (tertiary alicyclic amines) is 1. The van der Waals surface area contributed by atoms with Gasteiger partial charge < -0.3 is 16.2 Å². The highest BCUT2D eigenvalue weighted by atomic mass is 19.1. The Morgan fingerprint density at radius 1 is 1.15 bits per heavy atom. The van der Waals surface area contributed by atoms with Crippen molar-refractivity contribution < 1.29 is 19.1 Å². The van der Waals surface area contributed by atoms with E-state index in [9.17, 15) is 19.1 Å². The fourth-order valence-corrected chi connectivity index (χ4v) is 3.26. The molecule has 0 atom stereocenters. The Hall–Kier alpha value is -2.93. The largest absolute Gasteiger partial charge is 0.508 e. The lowest BCUT2D eigenvalue weighted by Gasteiger charge is -2.31. The second kappa shape index (κ2) is 8.18. The van der Waals surface area contributed by atoms with Crippen molar-refractivity contribution >= 4 is 11.8 Å². The molecule has 4 N–H and O–H groups in total. The Balaban J connectivity index is 1.59. The van der Waals surface area contributed by atoms with Gasteiger partial charge in [-0.15, -0.1) is 0 Å². The standard InChI is InChI=1S/C20H22FN3O3/c21-18-11-16(25)5-6-17(18)13-1-3-14(4-2-13)20(27)23-15-7-9-24(10-8-15)12-19(22)26/h1-6,11,15,25H,7-10,12H2,(H2,22,26)(H,23,27). The second-order valence-electron chi connectivity index (χ2n) is 6.73. The van der Waals surface area contributed by atoms with E-state index in [1.54, 1.807) is 24.3 Å². The molecule has 6 nitrogen and oxygen atoms in total. The maximum absolute atomic E-state index is 13.9. The summed E-state index contributed by atoms with van der Waals surface area (Å²) in [5.74, 6) is -1.17. The van der Waals surface area contributed by atoms with Crippen LogP contribution in [0.3, 0.4) is 0 Å². The smallest absolute Gasteiger partial charge is 0.251 e. The van der Waals surface area contributed by atoms with Crippen molar-refractivity contribution in [2.24, 2.45) is 5.73 Å². The normalized spacial score (nSPS) is 15.4. The van der Waals surface area contributed by atoms with Gasteiger partial charge in [0.1, 0.15) is 11.6 Å². The third-order valence-corrected chi connectivity index (χ3v) is 4.71. The van der Waals surface area contributed by atoms with Gasteiger partial charge in [0.2, 0.25) is 5.91 Å². The number of phenols is 1. The van der Waals surface area contributed by atoms with Crippen LogP contribution in [0.1, 0.15) is 23.2 Å². The molecule has 0 bridgehead atoms. The van der Waals surface area contributed by atoms with Gasteiger partial charge >= 0.3 is 0 Å². The highest BCUT2D eigenvalue weighted by Crippen LogP contribution is 2.26. The number of primary amides is 1. The quantitative estimate of drug-likeness (QED) is 0.748. The lowest BCUT2D eigenvalue weighted by molar-refractivity contribution is -0.119. The number of phenolic OH excluding ortho intramolecular Hbond substituents is 1. The number of carbonyl (C=O) groups is 2. The van der Waals surface area contributed by atoms with Gasteiger partial charge in [-0.2, -0.15) is 0 Å². The van der Waals surface area contributed by atoms with Gasteiger partial charge in [-0.05, 0) is 42.7 Å². The van der Waals surface area contributed by atoms with Crippen LogP contribution in [0.15, 0.2) is 42.5 Å². The number of rotatable bonds is 5. The third kappa shape index (κ3) is 4.83. The van der Waals surface area contributed by atoms with Gasteiger partial charge in [0.25, 0.3) is 5.91 Å². The van der Waals surface area contributed by atoms with Crippen molar-refractivity contribution in [3.05, 3.63) is 53.8 Å². The van der Waals surface area contributed by atoms with E-state index in [2.05, 4.69) is 5.32 Å². The minimum atomic E-state index is -0.519. The number of piperidine rings is 1. The molecule has 1 aliphatic heterocycles. The summed E-state index contributed by atoms with van der Waals surface area (Å²) < 4.78 is 13.9. The number of nitrogens with one attached hydrogen (secondary N) is 1. The first-order valence-corrected chi connectivity index (χ1v) is 8.83. The second-order valence-corrected chi connectivity index (χ2v) is 6.73. The van der Waals surface area contributed by atoms with Crippen molar-refractivity contribution in [1.29, 1.82) is 0 Å². The SMILES string of the molecule is NC(=O)CN1CCC(NC(=O)c2ccc(-c3ccc(O)cc3F)cc2)CC1. The molecular formula is C20H22FN3O3. The number of halogens is 1. The summed E-state index contributed by atoms with van der Waals surface area (Å²) in [6.45, 7) is 1.68. The van der Waals surface area contributed by atoms with E-state index in [-0.39, 0.29) is 30.2 Å². The minimum absolute atomic E-state index is 0.0517. The summed E-state index contributed by atoms with van der Waals surface area (Å²) in [5, 5.41) is 12.3. The fourth-order valence-electron chi connectivity index (χ4n) is 3.26. The summed E-state index contributed by atoms with van der Waals surface area (Å²) >= 11 is 0. The molecule has 0 radical (unpaired) electrons. The zero-order chi connectivity index (χ0) is 19.4. The summed E-state index contributed by atoms with van der Waals surface area (Å²) in [6, 6.07) is 10.7. The Kier molecular flexibility index (Phi) is 5.71. The van der Waals surface area contributed by atoms with E-state index in [1.165, 1.54) is 12.1 Å².